The van der Waals surface area contributed by atoms with Crippen LogP contribution in [0.15, 0.2) is 23.0 Å². The Morgan fingerprint density at radius 3 is 2.65 bits per heavy atom. The van der Waals surface area contributed by atoms with Crippen LogP contribution in [0.4, 0.5) is 4.39 Å². The number of H-pyrrole nitrogens is 1. The molecule has 0 radical (unpaired) electrons. The van der Waals surface area contributed by atoms with Crippen LogP contribution in [0.3, 0.4) is 0 Å². The lowest BCUT2D eigenvalue weighted by atomic mass is 10.1. The van der Waals surface area contributed by atoms with Crippen LogP contribution >= 0.6 is 22.6 Å². The Kier molecular flexibility index (Phi) is 3.28. The lowest BCUT2D eigenvalue weighted by molar-refractivity contribution is 0.619. The highest BCUT2D eigenvalue weighted by Crippen LogP contribution is 2.18. The van der Waals surface area contributed by atoms with Gasteiger partial charge in [-0.05, 0) is 48.1 Å². The van der Waals surface area contributed by atoms with Crippen LogP contribution < -0.4 is 5.56 Å². The van der Waals surface area contributed by atoms with E-state index in [1.54, 1.807) is 26.0 Å². The van der Waals surface area contributed by atoms with Gasteiger partial charge < -0.3 is 4.98 Å². The van der Waals surface area contributed by atoms with Crippen LogP contribution in [-0.2, 0) is 0 Å². The number of benzene rings is 1. The Morgan fingerprint density at radius 1 is 1.35 bits per heavy atom. The average Bonchev–Trinajstić information content (AvgIpc) is 2.29. The first-order valence-corrected chi connectivity index (χ1v) is 6.10. The van der Waals surface area contributed by atoms with Gasteiger partial charge in [0.15, 0.2) is 0 Å². The van der Waals surface area contributed by atoms with Gasteiger partial charge in [-0.25, -0.2) is 9.37 Å². The third-order valence-electron chi connectivity index (χ3n) is 2.47. The molecule has 0 atom stereocenters. The molecule has 5 heteroatoms. The maximum absolute atomic E-state index is 13.4. The number of hydrogen-bond acceptors (Lipinski definition) is 2. The van der Waals surface area contributed by atoms with Gasteiger partial charge in [0.25, 0.3) is 5.56 Å². The van der Waals surface area contributed by atoms with Crippen molar-refractivity contribution in [2.45, 2.75) is 13.8 Å². The van der Waals surface area contributed by atoms with Gasteiger partial charge in [-0.15, -0.1) is 0 Å². The van der Waals surface area contributed by atoms with Crippen molar-refractivity contribution in [3.63, 3.8) is 0 Å². The maximum Gasteiger partial charge on any atom is 0.264 e. The van der Waals surface area contributed by atoms with Gasteiger partial charge in [-0.3, -0.25) is 4.79 Å². The summed E-state index contributed by atoms with van der Waals surface area (Å²) < 4.78 is 14.0. The molecule has 0 unspecified atom stereocenters. The van der Waals surface area contributed by atoms with E-state index in [1.165, 1.54) is 6.07 Å². The molecule has 3 nitrogen and oxygen atoms in total. The molecule has 0 fully saturated rings. The Hall–Kier alpha value is -1.24. The number of halogens is 2. The summed E-state index contributed by atoms with van der Waals surface area (Å²) in [5.41, 5.74) is 1.59. The van der Waals surface area contributed by atoms with Gasteiger partial charge in [0.1, 0.15) is 11.6 Å². The summed E-state index contributed by atoms with van der Waals surface area (Å²) >= 11 is 1.94. The van der Waals surface area contributed by atoms with Gasteiger partial charge in [0.2, 0.25) is 0 Å². The fourth-order valence-electron chi connectivity index (χ4n) is 1.45. The van der Waals surface area contributed by atoms with Gasteiger partial charge in [0.05, 0.1) is 9.26 Å². The maximum atomic E-state index is 13.4. The fraction of sp³-hybridized carbons (Fsp3) is 0.167. The highest BCUT2D eigenvalue weighted by Gasteiger charge is 2.08. The number of hydrogen-bond donors (Lipinski definition) is 1. The lowest BCUT2D eigenvalue weighted by Crippen LogP contribution is -2.14. The first-order chi connectivity index (χ1) is 7.99. The van der Waals surface area contributed by atoms with E-state index in [4.69, 9.17) is 0 Å². The summed E-state index contributed by atoms with van der Waals surface area (Å²) in [5, 5.41) is 0. The van der Waals surface area contributed by atoms with E-state index in [2.05, 4.69) is 9.97 Å². The second-order valence-electron chi connectivity index (χ2n) is 3.78. The van der Waals surface area contributed by atoms with Crippen molar-refractivity contribution in [2.75, 3.05) is 0 Å². The molecule has 2 rings (SSSR count). The highest BCUT2D eigenvalue weighted by atomic mass is 127. The Balaban J connectivity index is 2.61. The van der Waals surface area contributed by atoms with Crippen LogP contribution in [0, 0.1) is 23.2 Å². The van der Waals surface area contributed by atoms with Crippen molar-refractivity contribution in [1.29, 1.82) is 0 Å². The minimum Gasteiger partial charge on any atom is -0.306 e. The highest BCUT2D eigenvalue weighted by molar-refractivity contribution is 14.1. The van der Waals surface area contributed by atoms with Crippen LogP contribution in [0.25, 0.3) is 11.4 Å². The molecule has 0 saturated heterocycles. The molecule has 1 heterocycles. The minimum atomic E-state index is -0.304. The van der Waals surface area contributed by atoms with Crippen molar-refractivity contribution in [1.82, 2.24) is 9.97 Å². The van der Waals surface area contributed by atoms with E-state index in [0.29, 0.717) is 26.2 Å². The Morgan fingerprint density at radius 2 is 2.06 bits per heavy atom. The normalized spacial score (nSPS) is 10.6. The largest absolute Gasteiger partial charge is 0.306 e. The molecule has 2 aromatic rings. The SMILES string of the molecule is Cc1ccc(-c2nc(C)c(I)c(=O)[nH]2)cc1F. The predicted octanol–water partition coefficient (Wildman–Crippen LogP) is 2.80. The van der Waals surface area contributed by atoms with Crippen LogP contribution in [0.1, 0.15) is 11.3 Å². The zero-order chi connectivity index (χ0) is 12.6. The predicted molar refractivity (Wildman–Crippen MR) is 72.4 cm³/mol. The second-order valence-corrected chi connectivity index (χ2v) is 4.86. The molecule has 1 aromatic heterocycles. The molecule has 1 N–H and O–H groups in total. The molecule has 0 aliphatic rings. The van der Waals surface area contributed by atoms with E-state index < -0.39 is 0 Å². The van der Waals surface area contributed by atoms with Gasteiger partial charge in [-0.2, -0.15) is 0 Å². The third-order valence-corrected chi connectivity index (χ3v) is 3.74. The quantitative estimate of drug-likeness (QED) is 0.809. The number of rotatable bonds is 1. The first-order valence-electron chi connectivity index (χ1n) is 5.02. The summed E-state index contributed by atoms with van der Waals surface area (Å²) in [5.74, 6) is 0.0909. The molecule has 0 saturated carbocycles. The summed E-state index contributed by atoms with van der Waals surface area (Å²) in [6.45, 7) is 3.44. The van der Waals surface area contributed by atoms with E-state index >= 15 is 0 Å². The van der Waals surface area contributed by atoms with E-state index in [0.717, 1.165) is 0 Å². The molecule has 0 amide bonds. The van der Waals surface area contributed by atoms with Crippen molar-refractivity contribution < 1.29 is 4.39 Å². The van der Waals surface area contributed by atoms with Crippen LogP contribution in [0.2, 0.25) is 0 Å². The van der Waals surface area contributed by atoms with E-state index in [1.807, 2.05) is 22.6 Å². The molecule has 0 bridgehead atoms. The molecule has 1 aromatic carbocycles. The molecule has 0 spiro atoms. The monoisotopic (exact) mass is 344 g/mol. The van der Waals surface area contributed by atoms with E-state index in [-0.39, 0.29) is 11.4 Å². The standard InChI is InChI=1S/C12H10FIN2O/c1-6-3-4-8(5-9(6)13)11-15-7(2)10(14)12(17)16-11/h3-5H,1-2H3,(H,15,16,17). The smallest absolute Gasteiger partial charge is 0.264 e. The number of aromatic amines is 1. The van der Waals surface area contributed by atoms with Crippen molar-refractivity contribution in [3.05, 3.63) is 49.2 Å². The topological polar surface area (TPSA) is 45.8 Å². The Labute approximate surface area is 111 Å². The molecule has 0 aliphatic carbocycles. The summed E-state index contributed by atoms with van der Waals surface area (Å²) in [4.78, 5) is 18.5. The number of nitrogens with zero attached hydrogens (tertiary/aromatic N) is 1. The number of aryl methyl sites for hydroxylation is 2. The van der Waals surface area contributed by atoms with Crippen molar-refractivity contribution in [3.8, 4) is 11.4 Å². The fourth-order valence-corrected chi connectivity index (χ4v) is 1.70. The van der Waals surface area contributed by atoms with Crippen molar-refractivity contribution >= 4 is 22.6 Å². The van der Waals surface area contributed by atoms with Gasteiger partial charge in [0, 0.05) is 5.56 Å². The average molecular weight is 344 g/mol. The zero-order valence-corrected chi connectivity index (χ0v) is 11.5. The van der Waals surface area contributed by atoms with Crippen molar-refractivity contribution in [2.24, 2.45) is 0 Å². The molecule has 88 valence electrons. The first kappa shape index (κ1) is 12.2. The number of nitrogens with one attached hydrogen (secondary N) is 1. The van der Waals surface area contributed by atoms with Crippen LogP contribution in [-0.4, -0.2) is 9.97 Å². The molecular weight excluding hydrogens is 334 g/mol. The minimum absolute atomic E-state index is 0.200. The summed E-state index contributed by atoms with van der Waals surface area (Å²) in [6.07, 6.45) is 0. The van der Waals surface area contributed by atoms with Crippen LogP contribution in [0.5, 0.6) is 0 Å². The molecule has 0 aliphatic heterocycles. The Bertz CT molecular complexity index is 637. The second kappa shape index (κ2) is 4.56. The van der Waals surface area contributed by atoms with Gasteiger partial charge in [-0.1, -0.05) is 12.1 Å². The zero-order valence-electron chi connectivity index (χ0n) is 9.34. The number of aromatic nitrogens is 2. The summed E-state index contributed by atoms with van der Waals surface area (Å²) in [6, 6.07) is 4.78. The molecular formula is C12H10FIN2O. The third kappa shape index (κ3) is 2.38. The van der Waals surface area contributed by atoms with Gasteiger partial charge >= 0.3 is 0 Å². The summed E-state index contributed by atoms with van der Waals surface area (Å²) in [7, 11) is 0. The lowest BCUT2D eigenvalue weighted by Gasteiger charge is -2.04. The van der Waals surface area contributed by atoms with E-state index in [9.17, 15) is 9.18 Å². The molecule has 17 heavy (non-hydrogen) atoms.